The summed E-state index contributed by atoms with van der Waals surface area (Å²) in [6, 6.07) is 8.69. The van der Waals surface area contributed by atoms with Crippen molar-refractivity contribution in [1.82, 2.24) is 10.3 Å². The van der Waals surface area contributed by atoms with Crippen molar-refractivity contribution in [3.05, 3.63) is 59.2 Å². The molecule has 1 N–H and O–H groups in total. The van der Waals surface area contributed by atoms with Crippen molar-refractivity contribution in [3.63, 3.8) is 0 Å². The number of nitrogens with one attached hydrogen (secondary N) is 1. The maximum Gasteiger partial charge on any atom is 0.414 e. The van der Waals surface area contributed by atoms with Crippen molar-refractivity contribution in [2.24, 2.45) is 0 Å². The highest BCUT2D eigenvalue weighted by atomic mass is 19.1. The van der Waals surface area contributed by atoms with E-state index in [1.54, 1.807) is 17.9 Å². The molecule has 3 rings (SSSR count). The molecule has 1 aromatic carbocycles. The molecule has 0 saturated heterocycles. The number of benzene rings is 1. The molecule has 2 heterocycles. The smallest absolute Gasteiger partial charge is 0.414 e. The summed E-state index contributed by atoms with van der Waals surface area (Å²) in [5, 5.41) is 2.86. The number of pyridine rings is 1. The first-order valence-electron chi connectivity index (χ1n) is 9.00. The van der Waals surface area contributed by atoms with Gasteiger partial charge < -0.3 is 10.1 Å². The van der Waals surface area contributed by atoms with E-state index in [0.717, 1.165) is 24.2 Å². The molecule has 1 aromatic heterocycles. The SMILES string of the molecule is CCOC(=O)N1CCCc2nc(C(C)NC(=O)c3ccc(F)cc3)ccc21. The van der Waals surface area contributed by atoms with Crippen molar-refractivity contribution in [2.75, 3.05) is 18.1 Å². The molecule has 0 saturated carbocycles. The van der Waals surface area contributed by atoms with Crippen molar-refractivity contribution < 1.29 is 18.7 Å². The van der Waals surface area contributed by atoms with Crippen LogP contribution in [-0.2, 0) is 11.2 Å². The summed E-state index contributed by atoms with van der Waals surface area (Å²) in [6.07, 6.45) is 1.20. The van der Waals surface area contributed by atoms with Gasteiger partial charge in [0.1, 0.15) is 5.82 Å². The Morgan fingerprint density at radius 3 is 2.70 bits per heavy atom. The van der Waals surface area contributed by atoms with Gasteiger partial charge in [0.15, 0.2) is 0 Å². The maximum absolute atomic E-state index is 13.0. The van der Waals surface area contributed by atoms with E-state index in [-0.39, 0.29) is 23.9 Å². The minimum atomic E-state index is -0.387. The summed E-state index contributed by atoms with van der Waals surface area (Å²) in [5.41, 5.74) is 2.65. The van der Waals surface area contributed by atoms with E-state index in [1.807, 2.05) is 13.0 Å². The number of aryl methyl sites for hydroxylation is 1. The molecule has 1 aliphatic heterocycles. The van der Waals surface area contributed by atoms with Gasteiger partial charge >= 0.3 is 6.09 Å². The Morgan fingerprint density at radius 1 is 1.26 bits per heavy atom. The number of carbonyl (C=O) groups excluding carboxylic acids is 2. The first-order valence-corrected chi connectivity index (χ1v) is 9.00. The summed E-state index contributed by atoms with van der Waals surface area (Å²) >= 11 is 0. The van der Waals surface area contributed by atoms with Gasteiger partial charge in [-0.05, 0) is 63.1 Å². The Bertz CT molecular complexity index is 839. The van der Waals surface area contributed by atoms with Gasteiger partial charge in [0.2, 0.25) is 0 Å². The van der Waals surface area contributed by atoms with Crippen LogP contribution in [0.25, 0.3) is 0 Å². The fraction of sp³-hybridized carbons (Fsp3) is 0.350. The number of anilines is 1. The third-order valence-corrected chi connectivity index (χ3v) is 4.44. The Balaban J connectivity index is 1.75. The third kappa shape index (κ3) is 4.24. The second kappa shape index (κ2) is 8.16. The highest BCUT2D eigenvalue weighted by Gasteiger charge is 2.25. The van der Waals surface area contributed by atoms with Crippen molar-refractivity contribution in [2.45, 2.75) is 32.7 Å². The molecule has 0 aliphatic carbocycles. The minimum absolute atomic E-state index is 0.296. The summed E-state index contributed by atoms with van der Waals surface area (Å²) in [6.45, 7) is 4.53. The van der Waals surface area contributed by atoms with E-state index < -0.39 is 0 Å². The monoisotopic (exact) mass is 371 g/mol. The summed E-state index contributed by atoms with van der Waals surface area (Å²) < 4.78 is 18.1. The predicted octanol–water partition coefficient (Wildman–Crippen LogP) is 3.62. The first-order chi connectivity index (χ1) is 13.0. The van der Waals surface area contributed by atoms with Crippen LogP contribution in [0.3, 0.4) is 0 Å². The third-order valence-electron chi connectivity index (χ3n) is 4.44. The molecule has 27 heavy (non-hydrogen) atoms. The van der Waals surface area contributed by atoms with E-state index >= 15 is 0 Å². The van der Waals surface area contributed by atoms with Crippen LogP contribution in [0.5, 0.6) is 0 Å². The predicted molar refractivity (Wildman–Crippen MR) is 99.2 cm³/mol. The standard InChI is InChI=1S/C20H22FN3O3/c1-3-27-20(26)24-12-4-5-17-18(24)11-10-16(23-17)13(2)22-19(25)14-6-8-15(21)9-7-14/h6-11,13H,3-5,12H2,1-2H3,(H,22,25). The number of nitrogens with zero attached hydrogens (tertiary/aromatic N) is 2. The summed E-state index contributed by atoms with van der Waals surface area (Å²) in [4.78, 5) is 30.6. The van der Waals surface area contributed by atoms with Gasteiger partial charge in [0.25, 0.3) is 5.91 Å². The highest BCUT2D eigenvalue weighted by molar-refractivity contribution is 5.94. The van der Waals surface area contributed by atoms with Crippen LogP contribution in [0, 0.1) is 5.82 Å². The van der Waals surface area contributed by atoms with Crippen molar-refractivity contribution in [3.8, 4) is 0 Å². The molecule has 0 spiro atoms. The average Bonchev–Trinajstić information content (AvgIpc) is 2.67. The van der Waals surface area contributed by atoms with Gasteiger partial charge in [-0.15, -0.1) is 0 Å². The van der Waals surface area contributed by atoms with Crippen LogP contribution in [0.4, 0.5) is 14.9 Å². The first kappa shape index (κ1) is 18.8. The van der Waals surface area contributed by atoms with E-state index in [0.29, 0.717) is 24.4 Å². The largest absolute Gasteiger partial charge is 0.449 e. The molecule has 2 amide bonds. The highest BCUT2D eigenvalue weighted by Crippen LogP contribution is 2.28. The fourth-order valence-corrected chi connectivity index (χ4v) is 3.05. The zero-order valence-corrected chi connectivity index (χ0v) is 15.4. The zero-order chi connectivity index (χ0) is 19.4. The Morgan fingerprint density at radius 2 is 2.00 bits per heavy atom. The zero-order valence-electron chi connectivity index (χ0n) is 15.4. The van der Waals surface area contributed by atoms with Crippen LogP contribution in [0.2, 0.25) is 0 Å². The number of hydrogen-bond donors (Lipinski definition) is 1. The number of aromatic nitrogens is 1. The molecule has 0 bridgehead atoms. The van der Waals surface area contributed by atoms with Crippen LogP contribution in [-0.4, -0.2) is 30.1 Å². The summed E-state index contributed by atoms with van der Waals surface area (Å²) in [5.74, 6) is -0.683. The molecule has 142 valence electrons. The molecular formula is C20H22FN3O3. The number of halogens is 1. The second-order valence-corrected chi connectivity index (χ2v) is 6.36. The van der Waals surface area contributed by atoms with Gasteiger partial charge in [-0.2, -0.15) is 0 Å². The van der Waals surface area contributed by atoms with Crippen LogP contribution in [0.1, 0.15) is 48.1 Å². The molecule has 6 nitrogen and oxygen atoms in total. The van der Waals surface area contributed by atoms with Crippen LogP contribution in [0.15, 0.2) is 36.4 Å². The number of ether oxygens (including phenoxy) is 1. The molecular weight excluding hydrogens is 349 g/mol. The van der Waals surface area contributed by atoms with Crippen LogP contribution >= 0.6 is 0 Å². The van der Waals surface area contributed by atoms with E-state index in [9.17, 15) is 14.0 Å². The number of hydrogen-bond acceptors (Lipinski definition) is 4. The topological polar surface area (TPSA) is 71.5 Å². The Hall–Kier alpha value is -2.96. The van der Waals surface area contributed by atoms with E-state index in [4.69, 9.17) is 4.74 Å². The Labute approximate surface area is 157 Å². The fourth-order valence-electron chi connectivity index (χ4n) is 3.05. The van der Waals surface area contributed by atoms with Gasteiger partial charge in [-0.3, -0.25) is 14.7 Å². The van der Waals surface area contributed by atoms with Gasteiger partial charge in [0, 0.05) is 12.1 Å². The lowest BCUT2D eigenvalue weighted by molar-refractivity contribution is 0.0939. The lowest BCUT2D eigenvalue weighted by Gasteiger charge is -2.28. The molecule has 0 fully saturated rings. The quantitative estimate of drug-likeness (QED) is 0.891. The lowest BCUT2D eigenvalue weighted by atomic mass is 10.1. The summed E-state index contributed by atoms with van der Waals surface area (Å²) in [7, 11) is 0. The molecule has 0 radical (unpaired) electrons. The second-order valence-electron chi connectivity index (χ2n) is 6.36. The minimum Gasteiger partial charge on any atom is -0.449 e. The van der Waals surface area contributed by atoms with Crippen molar-refractivity contribution >= 4 is 17.7 Å². The molecule has 2 aromatic rings. The number of fused-ring (bicyclic) bond motifs is 1. The van der Waals surface area contributed by atoms with Gasteiger partial charge in [-0.1, -0.05) is 0 Å². The molecule has 7 heteroatoms. The van der Waals surface area contributed by atoms with E-state index in [2.05, 4.69) is 10.3 Å². The van der Waals surface area contributed by atoms with Crippen molar-refractivity contribution in [1.29, 1.82) is 0 Å². The number of amides is 2. The maximum atomic E-state index is 13.0. The number of rotatable bonds is 4. The molecule has 1 unspecified atom stereocenters. The molecule has 1 aliphatic rings. The van der Waals surface area contributed by atoms with Gasteiger partial charge in [-0.25, -0.2) is 9.18 Å². The number of carbonyl (C=O) groups is 2. The lowest BCUT2D eigenvalue weighted by Crippen LogP contribution is -2.36. The van der Waals surface area contributed by atoms with Gasteiger partial charge in [0.05, 0.1) is 29.7 Å². The Kier molecular flexibility index (Phi) is 5.69. The average molecular weight is 371 g/mol. The molecule has 1 atom stereocenters. The van der Waals surface area contributed by atoms with E-state index in [1.165, 1.54) is 24.3 Å². The normalized spacial score (nSPS) is 14.3. The van der Waals surface area contributed by atoms with Crippen LogP contribution < -0.4 is 10.2 Å².